The van der Waals surface area contributed by atoms with Crippen LogP contribution >= 0.6 is 0 Å². The highest BCUT2D eigenvalue weighted by atomic mass is 16.5. The normalized spacial score (nSPS) is 20.1. The third kappa shape index (κ3) is 3.05. The lowest BCUT2D eigenvalue weighted by atomic mass is 10.0. The van der Waals surface area contributed by atoms with Gasteiger partial charge >= 0.3 is 0 Å². The average Bonchev–Trinajstić information content (AvgIpc) is 2.45. The Morgan fingerprint density at radius 2 is 2.05 bits per heavy atom. The van der Waals surface area contributed by atoms with Gasteiger partial charge in [-0.3, -0.25) is 4.79 Å². The maximum absolute atomic E-state index is 12.4. The number of nitrogens with zero attached hydrogens (tertiary/aromatic N) is 1. The van der Waals surface area contributed by atoms with Gasteiger partial charge < -0.3 is 19.7 Å². The number of carbonyl (C=O) groups excluding carboxylic acids is 1. The number of rotatable bonds is 4. The molecule has 5 nitrogen and oxygen atoms in total. The molecule has 1 aliphatic heterocycles. The van der Waals surface area contributed by atoms with Crippen molar-refractivity contribution in [2.45, 2.75) is 6.04 Å². The quantitative estimate of drug-likeness (QED) is 0.815. The summed E-state index contributed by atoms with van der Waals surface area (Å²) in [6.45, 7) is 2.53. The molecule has 5 heteroatoms. The van der Waals surface area contributed by atoms with Crippen molar-refractivity contribution in [3.05, 3.63) is 23.8 Å². The van der Waals surface area contributed by atoms with E-state index < -0.39 is 0 Å². The Hall–Kier alpha value is -1.59. The lowest BCUT2D eigenvalue weighted by molar-refractivity contribution is 0.0894. The topological polar surface area (TPSA) is 50.8 Å². The molecule has 1 fully saturated rings. The van der Waals surface area contributed by atoms with Gasteiger partial charge in [0, 0.05) is 25.2 Å². The van der Waals surface area contributed by atoms with E-state index in [0.29, 0.717) is 17.1 Å². The van der Waals surface area contributed by atoms with Crippen molar-refractivity contribution < 1.29 is 14.3 Å². The number of piperazine rings is 1. The molecule has 1 unspecified atom stereocenters. The van der Waals surface area contributed by atoms with Crippen molar-refractivity contribution in [2.75, 3.05) is 40.9 Å². The molecule has 1 N–H and O–H groups in total. The Bertz CT molecular complexity index is 462. The Balaban J connectivity index is 2.19. The lowest BCUT2D eigenvalue weighted by Gasteiger charge is -2.30. The van der Waals surface area contributed by atoms with E-state index in [4.69, 9.17) is 9.47 Å². The molecular formula is C14H20N2O3. The molecule has 0 aromatic heterocycles. The molecular weight excluding hydrogens is 244 g/mol. The minimum atomic E-state index is -0.156. The number of hydrogen-bond acceptors (Lipinski definition) is 5. The van der Waals surface area contributed by atoms with Gasteiger partial charge in [-0.05, 0) is 25.2 Å². The van der Waals surface area contributed by atoms with Crippen LogP contribution in [0.15, 0.2) is 18.2 Å². The Labute approximate surface area is 113 Å². The monoisotopic (exact) mass is 264 g/mol. The van der Waals surface area contributed by atoms with Crippen molar-refractivity contribution >= 4 is 5.78 Å². The molecule has 0 bridgehead atoms. The van der Waals surface area contributed by atoms with E-state index in [-0.39, 0.29) is 11.8 Å². The number of benzene rings is 1. The van der Waals surface area contributed by atoms with Gasteiger partial charge in [-0.15, -0.1) is 0 Å². The number of ketones is 1. The number of hydrogen-bond donors (Lipinski definition) is 1. The molecule has 2 rings (SSSR count). The van der Waals surface area contributed by atoms with Crippen molar-refractivity contribution in [3.8, 4) is 11.5 Å². The second-order valence-electron chi connectivity index (χ2n) is 4.70. The second-order valence-corrected chi connectivity index (χ2v) is 4.70. The molecule has 1 aromatic carbocycles. The van der Waals surface area contributed by atoms with Crippen LogP contribution in [0.5, 0.6) is 11.5 Å². The predicted octanol–water partition coefficient (Wildman–Crippen LogP) is 0.790. The largest absolute Gasteiger partial charge is 0.493 e. The van der Waals surface area contributed by atoms with Gasteiger partial charge in [-0.2, -0.15) is 0 Å². The summed E-state index contributed by atoms with van der Waals surface area (Å²) in [7, 11) is 5.17. The van der Waals surface area contributed by atoms with Crippen molar-refractivity contribution in [2.24, 2.45) is 0 Å². The van der Waals surface area contributed by atoms with Crippen LogP contribution in [0, 0.1) is 0 Å². The molecule has 104 valence electrons. The highest BCUT2D eigenvalue weighted by molar-refractivity contribution is 6.00. The van der Waals surface area contributed by atoms with Gasteiger partial charge in [0.15, 0.2) is 17.3 Å². The van der Waals surface area contributed by atoms with E-state index in [1.165, 1.54) is 0 Å². The van der Waals surface area contributed by atoms with Crippen molar-refractivity contribution in [1.82, 2.24) is 10.2 Å². The molecule has 1 aromatic rings. The third-order valence-electron chi connectivity index (χ3n) is 3.36. The molecule has 1 atom stereocenters. The van der Waals surface area contributed by atoms with Crippen LogP contribution in [0.3, 0.4) is 0 Å². The molecule has 1 heterocycles. The average molecular weight is 264 g/mol. The smallest absolute Gasteiger partial charge is 0.181 e. The summed E-state index contributed by atoms with van der Waals surface area (Å²) in [5, 5.41) is 3.25. The van der Waals surface area contributed by atoms with Gasteiger partial charge in [0.2, 0.25) is 0 Å². The Morgan fingerprint density at radius 3 is 2.68 bits per heavy atom. The summed E-state index contributed by atoms with van der Waals surface area (Å²) in [5.41, 5.74) is 0.644. The Morgan fingerprint density at radius 1 is 1.32 bits per heavy atom. The molecule has 0 aliphatic carbocycles. The molecule has 1 aliphatic rings. The molecule has 0 saturated carbocycles. The van der Waals surface area contributed by atoms with E-state index in [9.17, 15) is 4.79 Å². The van der Waals surface area contributed by atoms with Gasteiger partial charge in [-0.1, -0.05) is 0 Å². The second kappa shape index (κ2) is 6.04. The van der Waals surface area contributed by atoms with Gasteiger partial charge in [0.25, 0.3) is 0 Å². The van der Waals surface area contributed by atoms with Crippen molar-refractivity contribution in [1.29, 1.82) is 0 Å². The summed E-state index contributed by atoms with van der Waals surface area (Å²) in [6.07, 6.45) is 0. The number of Topliss-reactive ketones (excluding diaryl/α,β-unsaturated/α-hetero) is 1. The summed E-state index contributed by atoms with van der Waals surface area (Å²) in [5.74, 6) is 1.30. The fourth-order valence-corrected chi connectivity index (χ4v) is 2.26. The maximum atomic E-state index is 12.4. The number of likely N-dealkylation sites (N-methyl/N-ethyl adjacent to an activating group) is 1. The van der Waals surface area contributed by atoms with Crippen molar-refractivity contribution in [3.63, 3.8) is 0 Å². The highest BCUT2D eigenvalue weighted by Gasteiger charge is 2.25. The zero-order valence-electron chi connectivity index (χ0n) is 11.6. The van der Waals surface area contributed by atoms with E-state index in [2.05, 4.69) is 10.2 Å². The maximum Gasteiger partial charge on any atom is 0.181 e. The summed E-state index contributed by atoms with van der Waals surface area (Å²) < 4.78 is 10.4. The molecule has 0 amide bonds. The fourth-order valence-electron chi connectivity index (χ4n) is 2.26. The van der Waals surface area contributed by atoms with Gasteiger partial charge in [0.1, 0.15) is 0 Å². The first kappa shape index (κ1) is 13.8. The van der Waals surface area contributed by atoms with Crippen LogP contribution in [-0.4, -0.2) is 57.6 Å². The highest BCUT2D eigenvalue weighted by Crippen LogP contribution is 2.28. The molecule has 0 radical (unpaired) electrons. The standard InChI is InChI=1S/C14H20N2O3/c1-16-7-6-15-11(9-16)14(17)10-4-5-12(18-2)13(8-10)19-3/h4-5,8,11,15H,6-7,9H2,1-3H3. The zero-order chi connectivity index (χ0) is 13.8. The van der Waals surface area contributed by atoms with E-state index in [1.807, 2.05) is 7.05 Å². The van der Waals surface area contributed by atoms with Crippen LogP contribution in [-0.2, 0) is 0 Å². The van der Waals surface area contributed by atoms with Crippen LogP contribution < -0.4 is 14.8 Å². The summed E-state index contributed by atoms with van der Waals surface area (Å²) in [4.78, 5) is 14.6. The first-order chi connectivity index (χ1) is 9.15. The van der Waals surface area contributed by atoms with Crippen LogP contribution in [0.2, 0.25) is 0 Å². The van der Waals surface area contributed by atoms with Crippen LogP contribution in [0.25, 0.3) is 0 Å². The molecule has 0 spiro atoms. The molecule has 1 saturated heterocycles. The van der Waals surface area contributed by atoms with Crippen LogP contribution in [0.4, 0.5) is 0 Å². The van der Waals surface area contributed by atoms with Gasteiger partial charge in [-0.25, -0.2) is 0 Å². The van der Waals surface area contributed by atoms with E-state index in [0.717, 1.165) is 19.6 Å². The van der Waals surface area contributed by atoms with Crippen LogP contribution in [0.1, 0.15) is 10.4 Å². The van der Waals surface area contributed by atoms with Gasteiger partial charge in [0.05, 0.1) is 20.3 Å². The Kier molecular flexibility index (Phi) is 4.39. The lowest BCUT2D eigenvalue weighted by Crippen LogP contribution is -2.52. The first-order valence-corrected chi connectivity index (χ1v) is 6.34. The van der Waals surface area contributed by atoms with E-state index in [1.54, 1.807) is 32.4 Å². The number of nitrogens with one attached hydrogen (secondary N) is 1. The summed E-state index contributed by atoms with van der Waals surface area (Å²) in [6, 6.07) is 5.12. The summed E-state index contributed by atoms with van der Waals surface area (Å²) >= 11 is 0. The fraction of sp³-hybridized carbons (Fsp3) is 0.500. The minimum absolute atomic E-state index is 0.0903. The first-order valence-electron chi connectivity index (χ1n) is 6.34. The number of carbonyl (C=O) groups is 1. The predicted molar refractivity (Wildman–Crippen MR) is 73.2 cm³/mol. The SMILES string of the molecule is COc1ccc(C(=O)C2CN(C)CCN2)cc1OC. The molecule has 19 heavy (non-hydrogen) atoms. The third-order valence-corrected chi connectivity index (χ3v) is 3.36. The number of methoxy groups -OCH3 is 2. The zero-order valence-corrected chi connectivity index (χ0v) is 11.6. The minimum Gasteiger partial charge on any atom is -0.493 e. The van der Waals surface area contributed by atoms with E-state index >= 15 is 0 Å². The number of ether oxygens (including phenoxy) is 2.